The predicted octanol–water partition coefficient (Wildman–Crippen LogP) is 3.79. The van der Waals surface area contributed by atoms with Crippen molar-refractivity contribution < 1.29 is 9.72 Å². The molecule has 1 amide bonds. The van der Waals surface area contributed by atoms with E-state index in [0.29, 0.717) is 10.0 Å². The quantitative estimate of drug-likeness (QED) is 0.472. The third kappa shape index (κ3) is 3.79. The zero-order valence-electron chi connectivity index (χ0n) is 10.6. The minimum absolute atomic E-state index is 0.0780. The van der Waals surface area contributed by atoms with Crippen LogP contribution < -0.4 is 5.32 Å². The van der Waals surface area contributed by atoms with Gasteiger partial charge in [-0.3, -0.25) is 14.9 Å². The fourth-order valence-electron chi connectivity index (χ4n) is 2.31. The van der Waals surface area contributed by atoms with Gasteiger partial charge in [-0.05, 0) is 18.9 Å². The molecule has 1 fully saturated rings. The number of nitrogens with zero attached hydrogens (tertiary/aromatic N) is 1. The number of nitrogens with one attached hydrogen (secondary N) is 1. The van der Waals surface area contributed by atoms with Gasteiger partial charge in [0.05, 0.1) is 4.92 Å². The summed E-state index contributed by atoms with van der Waals surface area (Å²) in [5.41, 5.74) is 0.208. The number of carbonyl (C=O) groups is 1. The van der Waals surface area contributed by atoms with Crippen molar-refractivity contribution in [3.8, 4) is 0 Å². The highest BCUT2D eigenvalue weighted by molar-refractivity contribution is 9.10. The van der Waals surface area contributed by atoms with Crippen LogP contribution in [0.4, 0.5) is 5.69 Å². The van der Waals surface area contributed by atoms with Crippen LogP contribution in [0.25, 0.3) is 0 Å². The van der Waals surface area contributed by atoms with Crippen molar-refractivity contribution in [2.75, 3.05) is 0 Å². The summed E-state index contributed by atoms with van der Waals surface area (Å²) < 4.78 is 0.524. The molecule has 0 saturated heterocycles. The fraction of sp³-hybridized carbons (Fsp3) is 0.462. The maximum atomic E-state index is 12.2. The monoisotopic (exact) mass is 404 g/mol. The molecular weight excluding hydrogens is 392 g/mol. The molecule has 20 heavy (non-hydrogen) atoms. The van der Waals surface area contributed by atoms with Gasteiger partial charge in [0, 0.05) is 33.0 Å². The van der Waals surface area contributed by atoms with Gasteiger partial charge >= 0.3 is 0 Å². The number of nitro groups is 1. The van der Waals surface area contributed by atoms with Crippen LogP contribution in [-0.2, 0) is 0 Å². The minimum atomic E-state index is -0.505. The van der Waals surface area contributed by atoms with E-state index in [1.165, 1.54) is 12.1 Å². The van der Waals surface area contributed by atoms with E-state index in [4.69, 9.17) is 0 Å². The molecule has 0 spiro atoms. The maximum absolute atomic E-state index is 12.2. The Morgan fingerprint density at radius 3 is 2.65 bits per heavy atom. The van der Waals surface area contributed by atoms with Gasteiger partial charge in [0.15, 0.2) is 0 Å². The Hall–Kier alpha value is -0.950. The minimum Gasteiger partial charge on any atom is -0.348 e. The number of non-ortho nitro benzene ring substituents is 1. The molecule has 1 aromatic carbocycles. The Morgan fingerprint density at radius 2 is 2.00 bits per heavy atom. The standard InChI is InChI=1S/C13H14Br2N2O3/c14-9-5-8(6-10(7-9)17(19)20)13(18)16-12-4-2-1-3-11(12)15/h5-7,11-12H,1-4H2,(H,16,18). The van der Waals surface area contributed by atoms with E-state index in [2.05, 4.69) is 37.2 Å². The number of benzene rings is 1. The summed E-state index contributed by atoms with van der Waals surface area (Å²) in [6.45, 7) is 0. The second kappa shape index (κ2) is 6.67. The SMILES string of the molecule is O=C(NC1CCCCC1Br)c1cc(Br)cc([N+](=O)[O-])c1. The zero-order chi connectivity index (χ0) is 14.7. The number of carbonyl (C=O) groups excluding carboxylic acids is 1. The lowest BCUT2D eigenvalue weighted by atomic mass is 9.95. The number of hydrogen-bond acceptors (Lipinski definition) is 3. The van der Waals surface area contributed by atoms with E-state index < -0.39 is 4.92 Å². The summed E-state index contributed by atoms with van der Waals surface area (Å²) in [4.78, 5) is 22.8. The molecule has 1 N–H and O–H groups in total. The number of alkyl halides is 1. The van der Waals surface area contributed by atoms with Gasteiger partial charge in [-0.15, -0.1) is 0 Å². The van der Waals surface area contributed by atoms with Crippen LogP contribution in [0.15, 0.2) is 22.7 Å². The van der Waals surface area contributed by atoms with E-state index in [0.717, 1.165) is 25.7 Å². The average molecular weight is 406 g/mol. The van der Waals surface area contributed by atoms with Gasteiger partial charge in [-0.1, -0.05) is 44.7 Å². The predicted molar refractivity (Wildman–Crippen MR) is 83.2 cm³/mol. The molecule has 0 radical (unpaired) electrons. The lowest BCUT2D eigenvalue weighted by Gasteiger charge is -2.28. The molecule has 0 aromatic heterocycles. The van der Waals surface area contributed by atoms with E-state index in [1.807, 2.05) is 0 Å². The van der Waals surface area contributed by atoms with E-state index in [1.54, 1.807) is 6.07 Å². The lowest BCUT2D eigenvalue weighted by Crippen LogP contribution is -2.42. The molecule has 0 heterocycles. The van der Waals surface area contributed by atoms with Crippen LogP contribution in [-0.4, -0.2) is 21.7 Å². The van der Waals surface area contributed by atoms with E-state index in [-0.39, 0.29) is 22.5 Å². The van der Waals surface area contributed by atoms with Crippen molar-refractivity contribution in [1.82, 2.24) is 5.32 Å². The third-order valence-corrected chi connectivity index (χ3v) is 4.91. The molecule has 7 heteroatoms. The number of hydrogen-bond donors (Lipinski definition) is 1. The largest absolute Gasteiger partial charge is 0.348 e. The summed E-state index contributed by atoms with van der Waals surface area (Å²) in [6, 6.07) is 4.35. The highest BCUT2D eigenvalue weighted by Crippen LogP contribution is 2.26. The second-order valence-electron chi connectivity index (χ2n) is 4.84. The molecule has 1 aliphatic carbocycles. The molecular formula is C13H14Br2N2O3. The highest BCUT2D eigenvalue weighted by Gasteiger charge is 2.25. The van der Waals surface area contributed by atoms with Crippen LogP contribution in [0.1, 0.15) is 36.0 Å². The van der Waals surface area contributed by atoms with Gasteiger partial charge in [0.1, 0.15) is 0 Å². The third-order valence-electron chi connectivity index (χ3n) is 3.35. The van der Waals surface area contributed by atoms with E-state index in [9.17, 15) is 14.9 Å². The first-order valence-corrected chi connectivity index (χ1v) is 8.08. The van der Waals surface area contributed by atoms with Crippen LogP contribution in [0.2, 0.25) is 0 Å². The van der Waals surface area contributed by atoms with Crippen molar-refractivity contribution in [3.63, 3.8) is 0 Å². The molecule has 1 saturated carbocycles. The average Bonchev–Trinajstić information content (AvgIpc) is 2.40. The Morgan fingerprint density at radius 1 is 1.30 bits per heavy atom. The highest BCUT2D eigenvalue weighted by atomic mass is 79.9. The summed E-state index contributed by atoms with van der Waals surface area (Å²) >= 11 is 6.77. The van der Waals surface area contributed by atoms with Gasteiger partial charge < -0.3 is 5.32 Å². The Labute approximate surface area is 133 Å². The van der Waals surface area contributed by atoms with Crippen molar-refractivity contribution in [3.05, 3.63) is 38.3 Å². The van der Waals surface area contributed by atoms with Crippen molar-refractivity contribution >= 4 is 43.5 Å². The van der Waals surface area contributed by atoms with Crippen LogP contribution >= 0.6 is 31.9 Å². The number of rotatable bonds is 3. The second-order valence-corrected chi connectivity index (χ2v) is 6.93. The molecule has 2 atom stereocenters. The smallest absolute Gasteiger partial charge is 0.271 e. The first-order chi connectivity index (χ1) is 9.47. The Balaban J connectivity index is 2.14. The van der Waals surface area contributed by atoms with Gasteiger partial charge in [0.2, 0.25) is 0 Å². The number of nitro benzene ring substituents is 1. The van der Waals surface area contributed by atoms with Gasteiger partial charge in [-0.2, -0.15) is 0 Å². The van der Waals surface area contributed by atoms with E-state index >= 15 is 0 Å². The first kappa shape index (κ1) is 15.4. The lowest BCUT2D eigenvalue weighted by molar-refractivity contribution is -0.385. The summed E-state index contributed by atoms with van der Waals surface area (Å²) in [7, 11) is 0. The molecule has 2 rings (SSSR count). The number of halogens is 2. The number of amides is 1. The van der Waals surface area contributed by atoms with Crippen LogP contribution in [0.5, 0.6) is 0 Å². The van der Waals surface area contributed by atoms with Crippen molar-refractivity contribution in [2.24, 2.45) is 0 Å². The Kier molecular flexibility index (Phi) is 5.15. The van der Waals surface area contributed by atoms with Crippen LogP contribution in [0, 0.1) is 10.1 Å². The topological polar surface area (TPSA) is 72.2 Å². The molecule has 1 aromatic rings. The first-order valence-electron chi connectivity index (χ1n) is 6.37. The molecule has 108 valence electrons. The zero-order valence-corrected chi connectivity index (χ0v) is 13.8. The van der Waals surface area contributed by atoms with Gasteiger partial charge in [0.25, 0.3) is 11.6 Å². The maximum Gasteiger partial charge on any atom is 0.271 e. The molecule has 2 unspecified atom stereocenters. The molecule has 1 aliphatic rings. The Bertz CT molecular complexity index is 536. The summed E-state index contributed by atoms with van der Waals surface area (Å²) in [6.07, 6.45) is 4.21. The summed E-state index contributed by atoms with van der Waals surface area (Å²) in [5, 5.41) is 13.8. The normalized spacial score (nSPS) is 22.3. The molecule has 0 bridgehead atoms. The molecule has 5 nitrogen and oxygen atoms in total. The van der Waals surface area contributed by atoms with Crippen molar-refractivity contribution in [1.29, 1.82) is 0 Å². The van der Waals surface area contributed by atoms with Crippen LogP contribution in [0.3, 0.4) is 0 Å². The fourth-order valence-corrected chi connectivity index (χ4v) is 3.51. The molecule has 0 aliphatic heterocycles. The summed E-state index contributed by atoms with van der Waals surface area (Å²) in [5.74, 6) is -0.272. The van der Waals surface area contributed by atoms with Gasteiger partial charge in [-0.25, -0.2) is 0 Å². The van der Waals surface area contributed by atoms with Crippen molar-refractivity contribution in [2.45, 2.75) is 36.6 Å².